The number of amidine groups is 1. The Morgan fingerprint density at radius 1 is 1.45 bits per heavy atom. The maximum Gasteiger partial charge on any atom is 0.170 e. The van der Waals surface area contributed by atoms with Crippen LogP contribution in [-0.4, -0.2) is 42.1 Å². The van der Waals surface area contributed by atoms with Gasteiger partial charge in [0.05, 0.1) is 0 Å². The lowest BCUT2D eigenvalue weighted by Gasteiger charge is -2.21. The van der Waals surface area contributed by atoms with Crippen molar-refractivity contribution in [2.75, 3.05) is 20.1 Å². The molecule has 1 aromatic rings. The molecule has 0 aliphatic heterocycles. The van der Waals surface area contributed by atoms with Gasteiger partial charge in [0.2, 0.25) is 0 Å². The minimum Gasteiger partial charge on any atom is -0.409 e. The lowest BCUT2D eigenvalue weighted by atomic mass is 10.1. The van der Waals surface area contributed by atoms with Gasteiger partial charge in [-0.25, -0.2) is 4.39 Å². The zero-order chi connectivity index (χ0) is 15.1. The van der Waals surface area contributed by atoms with E-state index in [-0.39, 0.29) is 5.84 Å². The van der Waals surface area contributed by atoms with E-state index in [4.69, 9.17) is 10.9 Å². The number of nitrogens with zero attached hydrogens (tertiary/aromatic N) is 2. The normalized spacial score (nSPS) is 12.4. The van der Waals surface area contributed by atoms with E-state index in [0.717, 1.165) is 18.7 Å². The molecule has 0 aromatic heterocycles. The number of halogens is 1. The summed E-state index contributed by atoms with van der Waals surface area (Å²) in [6.07, 6.45) is 0. The molecule has 0 bridgehead atoms. The second kappa shape index (κ2) is 7.81. The van der Waals surface area contributed by atoms with Gasteiger partial charge in [-0.15, -0.1) is 0 Å². The predicted octanol–water partition coefficient (Wildman–Crippen LogP) is 1.35. The van der Waals surface area contributed by atoms with Crippen molar-refractivity contribution in [2.24, 2.45) is 10.9 Å². The van der Waals surface area contributed by atoms with Gasteiger partial charge in [0.25, 0.3) is 0 Å². The Labute approximate surface area is 119 Å². The molecule has 0 fully saturated rings. The fraction of sp³-hybridized carbons (Fsp3) is 0.500. The van der Waals surface area contributed by atoms with Crippen LogP contribution in [0.4, 0.5) is 4.39 Å². The van der Waals surface area contributed by atoms with Gasteiger partial charge >= 0.3 is 0 Å². The standard InChI is InChI=1S/C14H23FN4O/c1-10(2)19(3)5-4-17-9-11-6-12(14(16)18-20)8-13(15)7-11/h6-8,10,17,20H,4-5,9H2,1-3H3,(H2,16,18). The first-order chi connectivity index (χ1) is 9.43. The number of nitrogens with one attached hydrogen (secondary N) is 1. The fourth-order valence-electron chi connectivity index (χ4n) is 1.70. The van der Waals surface area contributed by atoms with Crippen molar-refractivity contribution in [1.82, 2.24) is 10.2 Å². The molecule has 0 amide bonds. The molecule has 0 aliphatic rings. The molecule has 112 valence electrons. The Morgan fingerprint density at radius 2 is 2.15 bits per heavy atom. The molecular formula is C14H23FN4O. The molecule has 4 N–H and O–H groups in total. The highest BCUT2D eigenvalue weighted by molar-refractivity contribution is 5.97. The largest absolute Gasteiger partial charge is 0.409 e. The summed E-state index contributed by atoms with van der Waals surface area (Å²) < 4.78 is 13.4. The Balaban J connectivity index is 2.54. The Hall–Kier alpha value is -1.66. The fourth-order valence-corrected chi connectivity index (χ4v) is 1.70. The lowest BCUT2D eigenvalue weighted by Crippen LogP contribution is -2.33. The first-order valence-electron chi connectivity index (χ1n) is 6.62. The van der Waals surface area contributed by atoms with Gasteiger partial charge < -0.3 is 21.2 Å². The van der Waals surface area contributed by atoms with Crippen LogP contribution >= 0.6 is 0 Å². The molecule has 6 heteroatoms. The summed E-state index contributed by atoms with van der Waals surface area (Å²) in [5.41, 5.74) is 6.61. The monoisotopic (exact) mass is 282 g/mol. The van der Waals surface area contributed by atoms with Crippen molar-refractivity contribution in [1.29, 1.82) is 0 Å². The third kappa shape index (κ3) is 5.14. The summed E-state index contributed by atoms with van der Waals surface area (Å²) in [5, 5.41) is 14.7. The quantitative estimate of drug-likeness (QED) is 0.232. The van der Waals surface area contributed by atoms with Crippen molar-refractivity contribution in [2.45, 2.75) is 26.4 Å². The molecule has 0 spiro atoms. The number of nitrogens with two attached hydrogens (primary N) is 1. The van der Waals surface area contributed by atoms with Gasteiger partial charge in [-0.2, -0.15) is 0 Å². The number of hydrogen-bond donors (Lipinski definition) is 3. The van der Waals surface area contributed by atoms with Gasteiger partial charge in [0, 0.05) is 31.2 Å². The Morgan fingerprint density at radius 3 is 2.75 bits per heavy atom. The highest BCUT2D eigenvalue weighted by atomic mass is 19.1. The van der Waals surface area contributed by atoms with Crippen LogP contribution in [0, 0.1) is 5.82 Å². The van der Waals surface area contributed by atoms with Crippen molar-refractivity contribution in [3.05, 3.63) is 35.1 Å². The average molecular weight is 282 g/mol. The minimum atomic E-state index is -0.398. The molecule has 1 aromatic carbocycles. The smallest absolute Gasteiger partial charge is 0.170 e. The molecule has 0 heterocycles. The van der Waals surface area contributed by atoms with Crippen molar-refractivity contribution >= 4 is 5.84 Å². The van der Waals surface area contributed by atoms with Crippen LogP contribution in [0.3, 0.4) is 0 Å². The van der Waals surface area contributed by atoms with Crippen molar-refractivity contribution < 1.29 is 9.60 Å². The molecule has 0 saturated heterocycles. The lowest BCUT2D eigenvalue weighted by molar-refractivity contribution is 0.273. The van der Waals surface area contributed by atoms with E-state index in [1.807, 2.05) is 0 Å². The van der Waals surface area contributed by atoms with Crippen molar-refractivity contribution in [3.8, 4) is 0 Å². The second-order valence-corrected chi connectivity index (χ2v) is 5.08. The van der Waals surface area contributed by atoms with E-state index in [2.05, 4.69) is 36.3 Å². The zero-order valence-corrected chi connectivity index (χ0v) is 12.2. The molecule has 20 heavy (non-hydrogen) atoms. The van der Waals surface area contributed by atoms with Gasteiger partial charge in [-0.1, -0.05) is 5.16 Å². The van der Waals surface area contributed by atoms with E-state index < -0.39 is 5.82 Å². The van der Waals surface area contributed by atoms with Crippen molar-refractivity contribution in [3.63, 3.8) is 0 Å². The van der Waals surface area contributed by atoms with Crippen LogP contribution in [0.1, 0.15) is 25.0 Å². The Kier molecular flexibility index (Phi) is 6.41. The van der Waals surface area contributed by atoms with E-state index in [9.17, 15) is 4.39 Å². The summed E-state index contributed by atoms with van der Waals surface area (Å²) in [6, 6.07) is 4.88. The van der Waals surface area contributed by atoms with Gasteiger partial charge in [-0.3, -0.25) is 0 Å². The maximum absolute atomic E-state index is 13.4. The maximum atomic E-state index is 13.4. The summed E-state index contributed by atoms with van der Waals surface area (Å²) in [5.74, 6) is -0.490. The topological polar surface area (TPSA) is 73.9 Å². The molecule has 0 aliphatic carbocycles. The van der Waals surface area contributed by atoms with E-state index >= 15 is 0 Å². The van der Waals surface area contributed by atoms with Crippen LogP contribution in [-0.2, 0) is 6.54 Å². The van der Waals surface area contributed by atoms with Gasteiger partial charge in [-0.05, 0) is 44.7 Å². The summed E-state index contributed by atoms with van der Waals surface area (Å²) in [6.45, 7) is 6.53. The van der Waals surface area contributed by atoms with Crippen LogP contribution < -0.4 is 11.1 Å². The van der Waals surface area contributed by atoms with Crippen LogP contribution in [0.2, 0.25) is 0 Å². The molecule has 1 rings (SSSR count). The third-order valence-electron chi connectivity index (χ3n) is 3.21. The summed E-state index contributed by atoms with van der Waals surface area (Å²) >= 11 is 0. The van der Waals surface area contributed by atoms with Crippen LogP contribution in [0.15, 0.2) is 23.4 Å². The molecule has 0 atom stereocenters. The molecule has 0 unspecified atom stereocenters. The predicted molar refractivity (Wildman–Crippen MR) is 78.4 cm³/mol. The molecule has 0 saturated carbocycles. The minimum absolute atomic E-state index is 0.0923. The van der Waals surface area contributed by atoms with E-state index in [1.165, 1.54) is 12.1 Å². The summed E-state index contributed by atoms with van der Waals surface area (Å²) in [4.78, 5) is 2.22. The van der Waals surface area contributed by atoms with Gasteiger partial charge in [0.1, 0.15) is 5.82 Å². The molecule has 0 radical (unpaired) electrons. The number of oxime groups is 1. The van der Waals surface area contributed by atoms with Gasteiger partial charge in [0.15, 0.2) is 5.84 Å². The first-order valence-corrected chi connectivity index (χ1v) is 6.62. The second-order valence-electron chi connectivity index (χ2n) is 5.08. The van der Waals surface area contributed by atoms with E-state index in [1.54, 1.807) is 6.07 Å². The highest BCUT2D eigenvalue weighted by Crippen LogP contribution is 2.09. The first kappa shape index (κ1) is 16.4. The van der Waals surface area contributed by atoms with Crippen LogP contribution in [0.5, 0.6) is 0 Å². The van der Waals surface area contributed by atoms with E-state index in [0.29, 0.717) is 18.2 Å². The third-order valence-corrected chi connectivity index (χ3v) is 3.21. The number of rotatable bonds is 7. The van der Waals surface area contributed by atoms with Crippen LogP contribution in [0.25, 0.3) is 0 Å². The zero-order valence-electron chi connectivity index (χ0n) is 12.2. The highest BCUT2D eigenvalue weighted by Gasteiger charge is 2.05. The molecule has 5 nitrogen and oxygen atoms in total. The number of benzene rings is 1. The summed E-state index contributed by atoms with van der Waals surface area (Å²) in [7, 11) is 2.06. The SMILES string of the molecule is CC(C)N(C)CCNCc1cc(F)cc(/C(N)=N/O)c1. The average Bonchev–Trinajstić information content (AvgIpc) is 2.41. The number of likely N-dealkylation sites (N-methyl/N-ethyl adjacent to an activating group) is 1. The molecular weight excluding hydrogens is 259 g/mol. The Bertz CT molecular complexity index is 462. The number of hydrogen-bond acceptors (Lipinski definition) is 4.